The van der Waals surface area contributed by atoms with Gasteiger partial charge in [0.25, 0.3) is 5.69 Å². The van der Waals surface area contributed by atoms with Crippen LogP contribution in [0.4, 0.5) is 5.69 Å². The number of carboxylic acids is 1. The lowest BCUT2D eigenvalue weighted by Crippen LogP contribution is -2.27. The number of aliphatic carboxylic acids is 1. The zero-order valence-electron chi connectivity index (χ0n) is 8.73. The summed E-state index contributed by atoms with van der Waals surface area (Å²) in [6.07, 6.45) is 0. The standard InChI is InChI=1S/C9H9NO6S/c1-6(9(11)12)17(15,16)8-5-3-2-4-7(8)10(13)14/h2-6H,1H3,(H,11,12). The van der Waals surface area contributed by atoms with Crippen LogP contribution in [0.5, 0.6) is 0 Å². The van der Waals surface area contributed by atoms with E-state index in [0.717, 1.165) is 19.1 Å². The second-order valence-corrected chi connectivity index (χ2v) is 5.49. The zero-order valence-corrected chi connectivity index (χ0v) is 9.55. The van der Waals surface area contributed by atoms with Crippen LogP contribution >= 0.6 is 0 Å². The van der Waals surface area contributed by atoms with Gasteiger partial charge in [-0.2, -0.15) is 0 Å². The van der Waals surface area contributed by atoms with Crippen molar-refractivity contribution in [3.05, 3.63) is 34.4 Å². The van der Waals surface area contributed by atoms with Gasteiger partial charge in [0.05, 0.1) is 4.92 Å². The van der Waals surface area contributed by atoms with Crippen LogP contribution in [0.3, 0.4) is 0 Å². The van der Waals surface area contributed by atoms with Crippen molar-refractivity contribution in [2.24, 2.45) is 0 Å². The molecule has 0 saturated carbocycles. The van der Waals surface area contributed by atoms with Gasteiger partial charge in [-0.15, -0.1) is 0 Å². The lowest BCUT2D eigenvalue weighted by atomic mass is 10.3. The van der Waals surface area contributed by atoms with Crippen LogP contribution < -0.4 is 0 Å². The van der Waals surface area contributed by atoms with Crippen molar-refractivity contribution in [2.75, 3.05) is 0 Å². The summed E-state index contributed by atoms with van der Waals surface area (Å²) in [5.41, 5.74) is -0.624. The van der Waals surface area contributed by atoms with Gasteiger partial charge in [-0.25, -0.2) is 8.42 Å². The number of carboxylic acid groups (broad SMARTS) is 1. The molecule has 1 N–H and O–H groups in total. The molecule has 17 heavy (non-hydrogen) atoms. The maximum atomic E-state index is 11.8. The van der Waals surface area contributed by atoms with Crippen molar-refractivity contribution in [2.45, 2.75) is 17.1 Å². The maximum absolute atomic E-state index is 11.8. The van der Waals surface area contributed by atoms with Gasteiger partial charge in [-0.1, -0.05) is 12.1 Å². The molecule has 0 heterocycles. The summed E-state index contributed by atoms with van der Waals surface area (Å²) < 4.78 is 23.6. The van der Waals surface area contributed by atoms with E-state index in [-0.39, 0.29) is 0 Å². The van der Waals surface area contributed by atoms with Crippen molar-refractivity contribution in [1.29, 1.82) is 0 Å². The number of rotatable bonds is 4. The third-order valence-corrected chi connectivity index (χ3v) is 4.27. The Morgan fingerprint density at radius 3 is 2.41 bits per heavy atom. The number of nitro benzene ring substituents is 1. The molecule has 0 radical (unpaired) electrons. The predicted octanol–water partition coefficient (Wildman–Crippen LogP) is 0.842. The molecule has 1 aromatic rings. The van der Waals surface area contributed by atoms with Crippen LogP contribution in [0.15, 0.2) is 29.2 Å². The Bertz CT molecular complexity index is 565. The minimum atomic E-state index is -4.26. The summed E-state index contributed by atoms with van der Waals surface area (Å²) in [7, 11) is -4.26. The fourth-order valence-corrected chi connectivity index (χ4v) is 2.52. The third kappa shape index (κ3) is 2.41. The maximum Gasteiger partial charge on any atom is 0.321 e. The SMILES string of the molecule is CC(C(=O)O)S(=O)(=O)c1ccccc1[N+](=O)[O-]. The normalized spacial score (nSPS) is 13.0. The van der Waals surface area contributed by atoms with Crippen LogP contribution in [0.1, 0.15) is 6.92 Å². The fourth-order valence-electron chi connectivity index (χ4n) is 1.17. The second-order valence-electron chi connectivity index (χ2n) is 3.25. The monoisotopic (exact) mass is 259 g/mol. The fraction of sp³-hybridized carbons (Fsp3) is 0.222. The molecule has 0 spiro atoms. The Hall–Kier alpha value is -1.96. The van der Waals surface area contributed by atoms with E-state index in [2.05, 4.69) is 0 Å². The van der Waals surface area contributed by atoms with Crippen LogP contribution in [0.25, 0.3) is 0 Å². The average molecular weight is 259 g/mol. The highest BCUT2D eigenvalue weighted by atomic mass is 32.2. The molecule has 0 fully saturated rings. The van der Waals surface area contributed by atoms with Crippen molar-refractivity contribution in [3.63, 3.8) is 0 Å². The Morgan fingerprint density at radius 1 is 1.41 bits per heavy atom. The minimum Gasteiger partial charge on any atom is -0.480 e. The van der Waals surface area contributed by atoms with E-state index in [1.807, 2.05) is 0 Å². The first-order chi connectivity index (χ1) is 7.78. The molecular formula is C9H9NO6S. The number of nitrogens with zero attached hydrogens (tertiary/aromatic N) is 1. The highest BCUT2D eigenvalue weighted by molar-refractivity contribution is 7.92. The molecule has 0 aliphatic carbocycles. The molecular weight excluding hydrogens is 250 g/mol. The highest BCUT2D eigenvalue weighted by Gasteiger charge is 2.34. The number of nitro groups is 1. The zero-order chi connectivity index (χ0) is 13.2. The lowest BCUT2D eigenvalue weighted by molar-refractivity contribution is -0.387. The van der Waals surface area contributed by atoms with Crippen molar-refractivity contribution >= 4 is 21.5 Å². The van der Waals surface area contributed by atoms with Crippen molar-refractivity contribution in [1.82, 2.24) is 0 Å². The van der Waals surface area contributed by atoms with Crippen LogP contribution in [-0.2, 0) is 14.6 Å². The minimum absolute atomic E-state index is 0.583. The number of para-hydroxylation sites is 1. The molecule has 7 nitrogen and oxygen atoms in total. The van der Waals surface area contributed by atoms with E-state index in [9.17, 15) is 23.3 Å². The Labute approximate surface area is 96.8 Å². The lowest BCUT2D eigenvalue weighted by Gasteiger charge is -2.08. The molecule has 92 valence electrons. The molecule has 0 aliphatic heterocycles. The Morgan fingerprint density at radius 2 is 1.94 bits per heavy atom. The summed E-state index contributed by atoms with van der Waals surface area (Å²) in [4.78, 5) is 19.9. The first kappa shape index (κ1) is 13.1. The van der Waals surface area contributed by atoms with Gasteiger partial charge >= 0.3 is 5.97 Å². The van der Waals surface area contributed by atoms with E-state index in [1.165, 1.54) is 12.1 Å². The number of hydrogen-bond donors (Lipinski definition) is 1. The summed E-state index contributed by atoms with van der Waals surface area (Å²) in [6, 6.07) is 4.64. The Balaban J connectivity index is 3.44. The molecule has 1 unspecified atom stereocenters. The summed E-state index contributed by atoms with van der Waals surface area (Å²) >= 11 is 0. The van der Waals surface area contributed by atoms with E-state index in [1.54, 1.807) is 0 Å². The number of carbonyl (C=O) groups is 1. The molecule has 8 heteroatoms. The van der Waals surface area contributed by atoms with Crippen LogP contribution in [0, 0.1) is 10.1 Å². The van der Waals surface area contributed by atoms with Crippen LogP contribution in [-0.4, -0.2) is 29.7 Å². The van der Waals surface area contributed by atoms with Crippen molar-refractivity contribution in [3.8, 4) is 0 Å². The van der Waals surface area contributed by atoms with E-state index in [4.69, 9.17) is 5.11 Å². The van der Waals surface area contributed by atoms with Gasteiger partial charge in [0.2, 0.25) is 0 Å². The largest absolute Gasteiger partial charge is 0.480 e. The smallest absolute Gasteiger partial charge is 0.321 e. The molecule has 0 saturated heterocycles. The van der Waals surface area contributed by atoms with E-state index < -0.39 is 36.6 Å². The number of hydrogen-bond acceptors (Lipinski definition) is 5. The van der Waals surface area contributed by atoms with E-state index in [0.29, 0.717) is 0 Å². The molecule has 1 atom stereocenters. The van der Waals surface area contributed by atoms with Gasteiger partial charge in [0, 0.05) is 6.07 Å². The van der Waals surface area contributed by atoms with Crippen molar-refractivity contribution < 1.29 is 23.2 Å². The second kappa shape index (κ2) is 4.50. The third-order valence-electron chi connectivity index (χ3n) is 2.18. The van der Waals surface area contributed by atoms with Gasteiger partial charge in [0.15, 0.2) is 15.1 Å². The van der Waals surface area contributed by atoms with Gasteiger partial charge in [0.1, 0.15) is 4.90 Å². The topological polar surface area (TPSA) is 115 Å². The first-order valence-electron chi connectivity index (χ1n) is 4.48. The highest BCUT2D eigenvalue weighted by Crippen LogP contribution is 2.26. The summed E-state index contributed by atoms with van der Waals surface area (Å²) in [6.45, 7) is 0.967. The van der Waals surface area contributed by atoms with Gasteiger partial charge in [-0.05, 0) is 13.0 Å². The Kier molecular flexibility index (Phi) is 3.47. The van der Waals surface area contributed by atoms with Crippen LogP contribution in [0.2, 0.25) is 0 Å². The van der Waals surface area contributed by atoms with Gasteiger partial charge < -0.3 is 5.11 Å². The van der Waals surface area contributed by atoms with E-state index >= 15 is 0 Å². The molecule has 1 aromatic carbocycles. The number of benzene rings is 1. The summed E-state index contributed by atoms with van der Waals surface area (Å²) in [5.74, 6) is -1.55. The molecule has 0 bridgehead atoms. The summed E-state index contributed by atoms with van der Waals surface area (Å²) in [5, 5.41) is 17.6. The quantitative estimate of drug-likeness (QED) is 0.633. The predicted molar refractivity (Wildman–Crippen MR) is 57.4 cm³/mol. The van der Waals surface area contributed by atoms with Gasteiger partial charge in [-0.3, -0.25) is 14.9 Å². The molecule has 0 aliphatic rings. The molecule has 0 aromatic heterocycles. The molecule has 1 rings (SSSR count). The average Bonchev–Trinajstić information content (AvgIpc) is 2.27. The number of sulfone groups is 1. The molecule has 0 amide bonds. The first-order valence-corrected chi connectivity index (χ1v) is 6.03.